The van der Waals surface area contributed by atoms with Gasteiger partial charge in [0.2, 0.25) is 12.5 Å². The lowest BCUT2D eigenvalue weighted by Crippen LogP contribution is -2.16. The first-order chi connectivity index (χ1) is 9.85. The van der Waals surface area contributed by atoms with Gasteiger partial charge in [0.15, 0.2) is 11.5 Å². The number of fused-ring (bicyclic) bond motifs is 1. The Balaban J connectivity index is 1.76. The normalized spacial score (nSPS) is 12.7. The summed E-state index contributed by atoms with van der Waals surface area (Å²) in [7, 11) is 1.64. The van der Waals surface area contributed by atoms with Crippen LogP contribution < -0.4 is 19.5 Å². The van der Waals surface area contributed by atoms with Gasteiger partial charge >= 0.3 is 0 Å². The summed E-state index contributed by atoms with van der Waals surface area (Å²) in [6, 6.07) is 3.97. The van der Waals surface area contributed by atoms with Crippen LogP contribution in [0.1, 0.15) is 25.3 Å². The Kier molecular flexibility index (Phi) is 5.95. The summed E-state index contributed by atoms with van der Waals surface area (Å²) in [5.41, 5.74) is 1.13. The highest BCUT2D eigenvalue weighted by atomic mass is 16.7. The van der Waals surface area contributed by atoms with Crippen LogP contribution in [0.3, 0.4) is 0 Å². The van der Waals surface area contributed by atoms with Crippen molar-refractivity contribution in [2.75, 3.05) is 33.7 Å². The highest BCUT2D eigenvalue weighted by Gasteiger charge is 2.19. The Morgan fingerprint density at radius 3 is 2.95 bits per heavy atom. The van der Waals surface area contributed by atoms with Crippen LogP contribution in [0.2, 0.25) is 0 Å². The van der Waals surface area contributed by atoms with Gasteiger partial charge in [-0.05, 0) is 37.1 Å². The molecule has 0 aliphatic carbocycles. The molecular weight excluding hydrogens is 258 g/mol. The van der Waals surface area contributed by atoms with Gasteiger partial charge in [0, 0.05) is 19.8 Å². The number of methoxy groups -OCH3 is 1. The van der Waals surface area contributed by atoms with Crippen molar-refractivity contribution in [1.29, 1.82) is 0 Å². The zero-order chi connectivity index (χ0) is 14.2. The first-order valence-corrected chi connectivity index (χ1v) is 7.10. The van der Waals surface area contributed by atoms with Gasteiger partial charge in [-0.3, -0.25) is 0 Å². The van der Waals surface area contributed by atoms with Crippen LogP contribution in [-0.2, 0) is 11.3 Å². The fourth-order valence-electron chi connectivity index (χ4n) is 2.06. The minimum atomic E-state index is 0.261. The van der Waals surface area contributed by atoms with Crippen molar-refractivity contribution in [2.24, 2.45) is 0 Å². The Morgan fingerprint density at radius 1 is 1.25 bits per heavy atom. The van der Waals surface area contributed by atoms with Crippen molar-refractivity contribution < 1.29 is 18.9 Å². The molecule has 1 aliphatic heterocycles. The maximum Gasteiger partial charge on any atom is 0.231 e. The van der Waals surface area contributed by atoms with Crippen molar-refractivity contribution >= 4 is 0 Å². The maximum absolute atomic E-state index is 5.44. The zero-order valence-corrected chi connectivity index (χ0v) is 12.2. The second-order valence-electron chi connectivity index (χ2n) is 4.67. The van der Waals surface area contributed by atoms with Gasteiger partial charge in [-0.25, -0.2) is 0 Å². The SMILES string of the molecule is CCCOCCCNCc1cc(OC)c2c(c1)OCO2. The van der Waals surface area contributed by atoms with Crippen molar-refractivity contribution in [1.82, 2.24) is 5.32 Å². The van der Waals surface area contributed by atoms with Crippen molar-refractivity contribution in [3.63, 3.8) is 0 Å². The molecule has 1 heterocycles. The van der Waals surface area contributed by atoms with Gasteiger partial charge in [0.25, 0.3) is 0 Å². The van der Waals surface area contributed by atoms with E-state index in [9.17, 15) is 0 Å². The first-order valence-electron chi connectivity index (χ1n) is 7.10. The van der Waals surface area contributed by atoms with Crippen LogP contribution in [0.5, 0.6) is 17.2 Å². The maximum atomic E-state index is 5.44. The summed E-state index contributed by atoms with van der Waals surface area (Å²) in [4.78, 5) is 0. The third-order valence-electron chi connectivity index (χ3n) is 3.04. The van der Waals surface area contributed by atoms with E-state index in [1.54, 1.807) is 7.11 Å². The van der Waals surface area contributed by atoms with E-state index in [2.05, 4.69) is 12.2 Å². The number of ether oxygens (including phenoxy) is 4. The molecule has 112 valence electrons. The van der Waals surface area contributed by atoms with Gasteiger partial charge in [-0.1, -0.05) is 6.92 Å². The van der Waals surface area contributed by atoms with Crippen LogP contribution >= 0.6 is 0 Å². The van der Waals surface area contributed by atoms with Crippen LogP contribution in [0.4, 0.5) is 0 Å². The second kappa shape index (κ2) is 7.97. The molecule has 1 aliphatic rings. The molecule has 0 unspecified atom stereocenters. The predicted octanol–water partition coefficient (Wildman–Crippen LogP) is 2.33. The molecule has 1 aromatic rings. The van der Waals surface area contributed by atoms with Crippen LogP contribution in [-0.4, -0.2) is 33.7 Å². The van der Waals surface area contributed by atoms with E-state index in [0.29, 0.717) is 5.75 Å². The summed E-state index contributed by atoms with van der Waals surface area (Å²) < 4.78 is 21.5. The zero-order valence-electron chi connectivity index (χ0n) is 12.2. The standard InChI is InChI=1S/C15H23NO4/c1-3-6-18-7-4-5-16-10-12-8-13(17-2)15-14(9-12)19-11-20-15/h8-9,16H,3-7,10-11H2,1-2H3. The molecular formula is C15H23NO4. The van der Waals surface area contributed by atoms with Crippen LogP contribution in [0.25, 0.3) is 0 Å². The third kappa shape index (κ3) is 4.02. The first kappa shape index (κ1) is 14.9. The second-order valence-corrected chi connectivity index (χ2v) is 4.67. The molecule has 0 bridgehead atoms. The molecule has 1 aromatic carbocycles. The predicted molar refractivity (Wildman–Crippen MR) is 76.6 cm³/mol. The largest absolute Gasteiger partial charge is 0.493 e. The van der Waals surface area contributed by atoms with E-state index in [1.807, 2.05) is 12.1 Å². The highest BCUT2D eigenvalue weighted by molar-refractivity contribution is 5.55. The Labute approximate surface area is 120 Å². The molecule has 0 saturated carbocycles. The quantitative estimate of drug-likeness (QED) is 0.704. The van der Waals surface area contributed by atoms with Crippen LogP contribution in [0, 0.1) is 0 Å². The monoisotopic (exact) mass is 281 g/mol. The minimum absolute atomic E-state index is 0.261. The molecule has 0 saturated heterocycles. The molecule has 5 heteroatoms. The lowest BCUT2D eigenvalue weighted by molar-refractivity contribution is 0.132. The number of hydrogen-bond acceptors (Lipinski definition) is 5. The molecule has 0 radical (unpaired) electrons. The van der Waals surface area contributed by atoms with E-state index in [0.717, 1.165) is 56.2 Å². The topological polar surface area (TPSA) is 49.0 Å². The fraction of sp³-hybridized carbons (Fsp3) is 0.600. The molecule has 0 amide bonds. The van der Waals surface area contributed by atoms with Gasteiger partial charge in [-0.2, -0.15) is 0 Å². The summed E-state index contributed by atoms with van der Waals surface area (Å²) in [6.07, 6.45) is 2.09. The Morgan fingerprint density at radius 2 is 2.15 bits per heavy atom. The highest BCUT2D eigenvalue weighted by Crippen LogP contribution is 2.41. The van der Waals surface area contributed by atoms with Gasteiger partial charge in [0.1, 0.15) is 0 Å². The molecule has 0 aromatic heterocycles. The van der Waals surface area contributed by atoms with E-state index < -0.39 is 0 Å². The summed E-state index contributed by atoms with van der Waals surface area (Å²) in [5, 5.41) is 3.39. The van der Waals surface area contributed by atoms with Gasteiger partial charge in [-0.15, -0.1) is 0 Å². The number of hydrogen-bond donors (Lipinski definition) is 1. The average Bonchev–Trinajstić information content (AvgIpc) is 2.93. The van der Waals surface area contributed by atoms with E-state index in [4.69, 9.17) is 18.9 Å². The number of rotatable bonds is 9. The van der Waals surface area contributed by atoms with E-state index in [-0.39, 0.29) is 6.79 Å². The average molecular weight is 281 g/mol. The molecule has 0 fully saturated rings. The lowest BCUT2D eigenvalue weighted by atomic mass is 10.2. The Bertz CT molecular complexity index is 423. The van der Waals surface area contributed by atoms with Gasteiger partial charge in [0.05, 0.1) is 7.11 Å². The molecule has 20 heavy (non-hydrogen) atoms. The molecule has 2 rings (SSSR count). The molecule has 0 atom stereocenters. The summed E-state index contributed by atoms with van der Waals surface area (Å²) >= 11 is 0. The van der Waals surface area contributed by atoms with Crippen molar-refractivity contribution in [3.8, 4) is 17.2 Å². The molecule has 0 spiro atoms. The Hall–Kier alpha value is -1.46. The number of benzene rings is 1. The molecule has 1 N–H and O–H groups in total. The van der Waals surface area contributed by atoms with Gasteiger partial charge < -0.3 is 24.3 Å². The lowest BCUT2D eigenvalue weighted by Gasteiger charge is -2.09. The van der Waals surface area contributed by atoms with Crippen LogP contribution in [0.15, 0.2) is 12.1 Å². The van der Waals surface area contributed by atoms with Crippen molar-refractivity contribution in [2.45, 2.75) is 26.3 Å². The van der Waals surface area contributed by atoms with Crippen molar-refractivity contribution in [3.05, 3.63) is 17.7 Å². The third-order valence-corrected chi connectivity index (χ3v) is 3.04. The minimum Gasteiger partial charge on any atom is -0.493 e. The number of nitrogens with one attached hydrogen (secondary N) is 1. The molecule has 5 nitrogen and oxygen atoms in total. The summed E-state index contributed by atoms with van der Waals surface area (Å²) in [6.45, 7) is 5.74. The summed E-state index contributed by atoms with van der Waals surface area (Å²) in [5.74, 6) is 2.18. The van der Waals surface area contributed by atoms with E-state index >= 15 is 0 Å². The fourth-order valence-corrected chi connectivity index (χ4v) is 2.06. The van der Waals surface area contributed by atoms with E-state index in [1.165, 1.54) is 0 Å². The smallest absolute Gasteiger partial charge is 0.231 e.